The van der Waals surface area contributed by atoms with Gasteiger partial charge in [0, 0.05) is 0 Å². The zero-order valence-corrected chi connectivity index (χ0v) is 17.5. The average molecular weight is 418 g/mol. The molecule has 0 aliphatic heterocycles. The molecule has 0 fully saturated rings. The summed E-state index contributed by atoms with van der Waals surface area (Å²) in [7, 11) is 1.98. The first-order valence-electron chi connectivity index (χ1n) is 8.51. The number of benzene rings is 2. The highest BCUT2D eigenvalue weighted by Gasteiger charge is 2.12. The summed E-state index contributed by atoms with van der Waals surface area (Å²) in [6, 6.07) is 9.02. The Morgan fingerprint density at radius 3 is 1.97 bits per heavy atom. The van der Waals surface area contributed by atoms with Gasteiger partial charge in [-0.05, 0) is 35.4 Å². The summed E-state index contributed by atoms with van der Waals surface area (Å²) < 4.78 is 32.3. The highest BCUT2D eigenvalue weighted by molar-refractivity contribution is 7.52. The predicted octanol–water partition coefficient (Wildman–Crippen LogP) is 3.42. The van der Waals surface area contributed by atoms with E-state index in [1.165, 1.54) is 7.11 Å². The van der Waals surface area contributed by atoms with Crippen LogP contribution in [0.15, 0.2) is 30.3 Å². The van der Waals surface area contributed by atoms with Crippen LogP contribution in [-0.4, -0.2) is 44.4 Å². The van der Waals surface area contributed by atoms with E-state index >= 15 is 0 Å². The average Bonchev–Trinajstić information content (AvgIpc) is 2.70. The van der Waals surface area contributed by atoms with Crippen molar-refractivity contribution in [1.29, 1.82) is 0 Å². The molecule has 0 spiro atoms. The number of ether oxygens (including phenoxy) is 4. The van der Waals surface area contributed by atoms with Crippen molar-refractivity contribution in [3.63, 3.8) is 0 Å². The summed E-state index contributed by atoms with van der Waals surface area (Å²) in [5, 5.41) is 0. The molecule has 7 nitrogen and oxygen atoms in total. The smallest absolute Gasteiger partial charge is 0.337 e. The lowest BCUT2D eigenvalue weighted by molar-refractivity contribution is 0.324. The van der Waals surface area contributed by atoms with Crippen molar-refractivity contribution in [2.45, 2.75) is 0 Å². The van der Waals surface area contributed by atoms with Crippen LogP contribution in [0, 0.1) is 11.8 Å². The van der Waals surface area contributed by atoms with Crippen molar-refractivity contribution in [2.75, 3.05) is 34.6 Å². The third-order valence-corrected chi connectivity index (χ3v) is 4.46. The van der Waals surface area contributed by atoms with Gasteiger partial charge < -0.3 is 28.7 Å². The van der Waals surface area contributed by atoms with Crippen molar-refractivity contribution < 1.29 is 33.3 Å². The molecule has 0 saturated heterocycles. The van der Waals surface area contributed by atoms with Crippen LogP contribution in [0.5, 0.6) is 23.0 Å². The molecule has 29 heavy (non-hydrogen) atoms. The molecule has 2 aromatic rings. The van der Waals surface area contributed by atoms with Gasteiger partial charge in [-0.15, -0.1) is 0 Å². The summed E-state index contributed by atoms with van der Waals surface area (Å²) in [4.78, 5) is 17.9. The fourth-order valence-corrected chi connectivity index (χ4v) is 2.84. The van der Waals surface area contributed by atoms with Gasteiger partial charge in [0.05, 0.1) is 34.0 Å². The quantitative estimate of drug-likeness (QED) is 0.404. The minimum atomic E-state index is -4.18. The fourth-order valence-electron chi connectivity index (χ4n) is 2.55. The van der Waals surface area contributed by atoms with E-state index in [4.69, 9.17) is 28.7 Å². The van der Waals surface area contributed by atoms with Crippen LogP contribution in [0.25, 0.3) is 12.2 Å². The van der Waals surface area contributed by atoms with E-state index in [1.54, 1.807) is 33.5 Å². The molecule has 0 saturated carbocycles. The number of rotatable bonds is 7. The molecule has 2 rings (SSSR count). The maximum absolute atomic E-state index is 11.0. The second-order valence-corrected chi connectivity index (χ2v) is 7.52. The molecule has 0 aliphatic carbocycles. The van der Waals surface area contributed by atoms with E-state index in [2.05, 4.69) is 11.8 Å². The molecule has 154 valence electrons. The third kappa shape index (κ3) is 6.30. The first kappa shape index (κ1) is 22.4. The maximum Gasteiger partial charge on any atom is 0.337 e. The highest BCUT2D eigenvalue weighted by Crippen LogP contribution is 2.38. The molecular formula is C21H23O7P. The van der Waals surface area contributed by atoms with E-state index in [1.807, 2.05) is 30.4 Å². The van der Waals surface area contributed by atoms with Crippen molar-refractivity contribution >= 4 is 19.7 Å². The Kier molecular flexibility index (Phi) is 7.74. The second kappa shape index (κ2) is 10.0. The van der Waals surface area contributed by atoms with E-state index < -0.39 is 13.8 Å². The maximum atomic E-state index is 11.0. The van der Waals surface area contributed by atoms with Gasteiger partial charge in [0.2, 0.25) is 5.75 Å². The topological polar surface area (TPSA) is 94.5 Å². The molecule has 0 heterocycles. The molecule has 8 heteroatoms. The van der Waals surface area contributed by atoms with Gasteiger partial charge in [0.25, 0.3) is 0 Å². The van der Waals surface area contributed by atoms with Crippen LogP contribution >= 0.6 is 7.60 Å². The molecule has 2 N–H and O–H groups in total. The molecule has 0 unspecified atom stereocenters. The van der Waals surface area contributed by atoms with Gasteiger partial charge in [0.15, 0.2) is 11.5 Å². The van der Waals surface area contributed by atoms with Crippen LogP contribution in [0.2, 0.25) is 0 Å². The fraction of sp³-hybridized carbons (Fsp3) is 0.238. The molecule has 0 amide bonds. The van der Waals surface area contributed by atoms with Crippen LogP contribution in [0.3, 0.4) is 0 Å². The van der Waals surface area contributed by atoms with E-state index in [0.717, 1.165) is 11.1 Å². The molecule has 0 atom stereocenters. The van der Waals surface area contributed by atoms with Crippen LogP contribution < -0.4 is 18.9 Å². The Labute approximate surface area is 170 Å². The van der Waals surface area contributed by atoms with Gasteiger partial charge in [-0.25, -0.2) is 0 Å². The zero-order chi connectivity index (χ0) is 21.4. The van der Waals surface area contributed by atoms with Crippen LogP contribution in [-0.2, 0) is 4.57 Å². The standard InChI is InChI=1S/C21H23O7P/c1-25-18-10-9-15(12-17(18)6-5-11-29(22,23)24)7-8-16-13-19(26-2)21(28-4)20(14-16)27-3/h7-10,12-14H,11H2,1-4H3,(H2,22,23,24). The summed E-state index contributed by atoms with van der Waals surface area (Å²) >= 11 is 0. The van der Waals surface area contributed by atoms with Crippen LogP contribution in [0.1, 0.15) is 16.7 Å². The summed E-state index contributed by atoms with van der Waals surface area (Å²) in [6.45, 7) is 0. The zero-order valence-electron chi connectivity index (χ0n) is 16.6. The summed E-state index contributed by atoms with van der Waals surface area (Å²) in [5.74, 6) is 7.38. The Balaban J connectivity index is 2.35. The third-order valence-electron chi connectivity index (χ3n) is 3.89. The van der Waals surface area contributed by atoms with E-state index in [-0.39, 0.29) is 0 Å². The van der Waals surface area contributed by atoms with Gasteiger partial charge in [-0.1, -0.05) is 30.1 Å². The Morgan fingerprint density at radius 1 is 0.862 bits per heavy atom. The van der Waals surface area contributed by atoms with Gasteiger partial charge in [-0.2, -0.15) is 0 Å². The van der Waals surface area contributed by atoms with Crippen molar-refractivity contribution in [3.8, 4) is 34.8 Å². The van der Waals surface area contributed by atoms with Gasteiger partial charge in [0.1, 0.15) is 11.9 Å². The lowest BCUT2D eigenvalue weighted by atomic mass is 10.1. The van der Waals surface area contributed by atoms with Crippen molar-refractivity contribution in [3.05, 3.63) is 47.0 Å². The Bertz CT molecular complexity index is 971. The number of methoxy groups -OCH3 is 4. The minimum absolute atomic E-state index is 0.512. The summed E-state index contributed by atoms with van der Waals surface area (Å²) in [6.07, 6.45) is 3.23. The van der Waals surface area contributed by atoms with E-state index in [9.17, 15) is 4.57 Å². The van der Waals surface area contributed by atoms with Crippen LogP contribution in [0.4, 0.5) is 0 Å². The predicted molar refractivity (Wildman–Crippen MR) is 112 cm³/mol. The lowest BCUT2D eigenvalue weighted by Gasteiger charge is -2.12. The highest BCUT2D eigenvalue weighted by atomic mass is 31.2. The minimum Gasteiger partial charge on any atom is -0.495 e. The molecule has 0 bridgehead atoms. The summed E-state index contributed by atoms with van der Waals surface area (Å²) in [5.41, 5.74) is 2.21. The molecule has 0 aliphatic rings. The van der Waals surface area contributed by atoms with Gasteiger partial charge in [-0.3, -0.25) is 4.57 Å². The first-order valence-corrected chi connectivity index (χ1v) is 10.3. The normalized spacial score (nSPS) is 11.0. The van der Waals surface area contributed by atoms with Crippen molar-refractivity contribution in [2.24, 2.45) is 0 Å². The largest absolute Gasteiger partial charge is 0.495 e. The Hall–Kier alpha value is -2.91. The molecular weight excluding hydrogens is 395 g/mol. The molecule has 0 aromatic heterocycles. The Morgan fingerprint density at radius 2 is 1.45 bits per heavy atom. The van der Waals surface area contributed by atoms with Crippen molar-refractivity contribution in [1.82, 2.24) is 0 Å². The molecule has 2 aromatic carbocycles. The number of hydrogen-bond donors (Lipinski definition) is 2. The van der Waals surface area contributed by atoms with Gasteiger partial charge >= 0.3 is 7.60 Å². The SMILES string of the molecule is COc1ccc(C=Cc2cc(OC)c(OC)c(OC)c2)cc1C#CCP(=O)(O)O. The van der Waals surface area contributed by atoms with E-state index in [0.29, 0.717) is 28.6 Å². The number of hydrogen-bond acceptors (Lipinski definition) is 5. The monoisotopic (exact) mass is 418 g/mol. The molecule has 0 radical (unpaired) electrons. The lowest BCUT2D eigenvalue weighted by Crippen LogP contribution is -1.95. The second-order valence-electron chi connectivity index (χ2n) is 5.88. The first-order chi connectivity index (χ1) is 13.8.